The fourth-order valence-electron chi connectivity index (χ4n) is 2.17. The summed E-state index contributed by atoms with van der Waals surface area (Å²) in [4.78, 5) is 4.47. The highest BCUT2D eigenvalue weighted by Crippen LogP contribution is 2.07. The molecule has 0 aliphatic carbocycles. The Balaban J connectivity index is 3.46. The fraction of sp³-hybridized carbons (Fsp3) is 0.350. The molecule has 0 radical (unpaired) electrons. The van der Waals surface area contributed by atoms with Gasteiger partial charge >= 0.3 is 0 Å². The van der Waals surface area contributed by atoms with Gasteiger partial charge in [-0.1, -0.05) is 30.4 Å². The number of allylic oxidation sites excluding steroid dienone is 4. The van der Waals surface area contributed by atoms with Gasteiger partial charge in [0.2, 0.25) is 0 Å². The molecule has 118 valence electrons. The quantitative estimate of drug-likeness (QED) is 0.733. The SMILES string of the molecule is C=CN=C(Cn1cc(C)c(=C)/c1=C\C(C)=C/C)C(C)=C(C)C. The molecule has 0 unspecified atom stereocenters. The topological polar surface area (TPSA) is 17.3 Å². The van der Waals surface area contributed by atoms with Crippen molar-refractivity contribution in [1.82, 2.24) is 4.57 Å². The van der Waals surface area contributed by atoms with E-state index in [1.165, 1.54) is 22.3 Å². The first kappa shape index (κ1) is 18.0. The third kappa shape index (κ3) is 4.20. The van der Waals surface area contributed by atoms with Crippen LogP contribution in [0.15, 0.2) is 46.8 Å². The summed E-state index contributed by atoms with van der Waals surface area (Å²) in [7, 11) is 0. The lowest BCUT2D eigenvalue weighted by molar-refractivity contribution is 0.825. The summed E-state index contributed by atoms with van der Waals surface area (Å²) in [6.45, 7) is 21.3. The van der Waals surface area contributed by atoms with Crippen LogP contribution in [0, 0.1) is 6.92 Å². The van der Waals surface area contributed by atoms with Gasteiger partial charge in [0.25, 0.3) is 0 Å². The van der Waals surface area contributed by atoms with Gasteiger partial charge in [-0.05, 0) is 64.0 Å². The Hall–Kier alpha value is -2.09. The first-order valence-electron chi connectivity index (χ1n) is 7.63. The van der Waals surface area contributed by atoms with Crippen molar-refractivity contribution < 1.29 is 0 Å². The minimum absolute atomic E-state index is 0.724. The van der Waals surface area contributed by atoms with Crippen molar-refractivity contribution in [3.05, 3.63) is 57.9 Å². The van der Waals surface area contributed by atoms with Gasteiger partial charge in [-0.2, -0.15) is 0 Å². The molecule has 0 saturated carbocycles. The molecular weight excluding hydrogens is 268 g/mol. The van der Waals surface area contributed by atoms with Gasteiger partial charge in [-0.15, -0.1) is 0 Å². The molecule has 0 amide bonds. The van der Waals surface area contributed by atoms with Crippen LogP contribution in [0.1, 0.15) is 40.2 Å². The van der Waals surface area contributed by atoms with Crippen molar-refractivity contribution in [1.29, 1.82) is 0 Å². The molecule has 0 aliphatic heterocycles. The predicted molar refractivity (Wildman–Crippen MR) is 99.5 cm³/mol. The summed E-state index contributed by atoms with van der Waals surface area (Å²) in [6, 6.07) is 0. The second kappa shape index (κ2) is 7.79. The van der Waals surface area contributed by atoms with E-state index in [1.54, 1.807) is 6.20 Å². The van der Waals surface area contributed by atoms with Crippen molar-refractivity contribution in [2.24, 2.45) is 4.99 Å². The summed E-state index contributed by atoms with van der Waals surface area (Å²) in [5, 5.41) is 2.22. The maximum atomic E-state index is 4.47. The Morgan fingerprint density at radius 3 is 2.41 bits per heavy atom. The summed E-state index contributed by atoms with van der Waals surface area (Å²) in [5.74, 6) is 0. The second-order valence-electron chi connectivity index (χ2n) is 5.86. The van der Waals surface area contributed by atoms with Crippen LogP contribution < -0.4 is 10.6 Å². The Morgan fingerprint density at radius 2 is 1.91 bits per heavy atom. The van der Waals surface area contributed by atoms with Gasteiger partial charge in [0.1, 0.15) is 0 Å². The lowest BCUT2D eigenvalue weighted by Gasteiger charge is -2.10. The molecule has 0 aromatic carbocycles. The average Bonchev–Trinajstić information content (AvgIpc) is 2.73. The van der Waals surface area contributed by atoms with Crippen molar-refractivity contribution in [3.8, 4) is 0 Å². The number of aromatic nitrogens is 1. The largest absolute Gasteiger partial charge is 0.341 e. The smallest absolute Gasteiger partial charge is 0.0651 e. The molecule has 1 rings (SSSR count). The molecule has 0 bridgehead atoms. The van der Waals surface area contributed by atoms with Crippen LogP contribution in [0.3, 0.4) is 0 Å². The van der Waals surface area contributed by atoms with E-state index in [9.17, 15) is 0 Å². The third-order valence-corrected chi connectivity index (χ3v) is 4.01. The molecule has 0 fully saturated rings. The standard InChI is InChI=1S/C20H28N2/c1-9-15(5)11-20-18(8)16(6)12-22(20)13-19(21-10-2)17(7)14(3)4/h9-12H,2,8,13H2,1,3-7H3/b15-9-,20-11+,21-19?. The molecule has 0 N–H and O–H groups in total. The van der Waals surface area contributed by atoms with Crippen LogP contribution in [-0.2, 0) is 6.54 Å². The molecular formula is C20H28N2. The first-order valence-corrected chi connectivity index (χ1v) is 7.63. The number of hydrogen-bond donors (Lipinski definition) is 0. The van der Waals surface area contributed by atoms with Crippen molar-refractivity contribution >= 4 is 18.4 Å². The predicted octanol–water partition coefficient (Wildman–Crippen LogP) is 3.89. The minimum atomic E-state index is 0.724. The minimum Gasteiger partial charge on any atom is -0.341 e. The van der Waals surface area contributed by atoms with Crippen LogP contribution in [0.4, 0.5) is 0 Å². The van der Waals surface area contributed by atoms with E-state index in [-0.39, 0.29) is 0 Å². The third-order valence-electron chi connectivity index (χ3n) is 4.01. The summed E-state index contributed by atoms with van der Waals surface area (Å²) in [5.41, 5.74) is 5.95. The van der Waals surface area contributed by atoms with Crippen LogP contribution in [0.5, 0.6) is 0 Å². The maximum absolute atomic E-state index is 4.47. The summed E-state index contributed by atoms with van der Waals surface area (Å²) >= 11 is 0. The van der Waals surface area contributed by atoms with E-state index >= 15 is 0 Å². The van der Waals surface area contributed by atoms with E-state index in [2.05, 4.69) is 75.7 Å². The lowest BCUT2D eigenvalue weighted by atomic mass is 10.1. The van der Waals surface area contributed by atoms with Gasteiger partial charge < -0.3 is 4.57 Å². The highest BCUT2D eigenvalue weighted by atomic mass is 15.0. The average molecular weight is 296 g/mol. The van der Waals surface area contributed by atoms with E-state index in [0.717, 1.165) is 22.8 Å². The number of nitrogens with zero attached hydrogens (tertiary/aromatic N) is 2. The lowest BCUT2D eigenvalue weighted by Crippen LogP contribution is -2.31. The molecule has 2 heteroatoms. The zero-order valence-electron chi connectivity index (χ0n) is 14.8. The zero-order valence-corrected chi connectivity index (χ0v) is 14.8. The Kier molecular flexibility index (Phi) is 6.36. The number of rotatable bonds is 5. The van der Waals surface area contributed by atoms with Gasteiger partial charge in [0.15, 0.2) is 0 Å². The Morgan fingerprint density at radius 1 is 1.27 bits per heavy atom. The second-order valence-corrected chi connectivity index (χ2v) is 5.86. The summed E-state index contributed by atoms with van der Waals surface area (Å²) < 4.78 is 2.22. The molecule has 2 nitrogen and oxygen atoms in total. The molecule has 0 saturated heterocycles. The van der Waals surface area contributed by atoms with Crippen molar-refractivity contribution in [3.63, 3.8) is 0 Å². The fourth-order valence-corrected chi connectivity index (χ4v) is 2.17. The molecule has 1 heterocycles. The van der Waals surface area contributed by atoms with E-state index in [0.29, 0.717) is 0 Å². The van der Waals surface area contributed by atoms with Gasteiger partial charge in [-0.25, -0.2) is 0 Å². The van der Waals surface area contributed by atoms with E-state index in [1.807, 2.05) is 6.92 Å². The van der Waals surface area contributed by atoms with Crippen molar-refractivity contribution in [2.75, 3.05) is 0 Å². The van der Waals surface area contributed by atoms with Crippen LogP contribution in [-0.4, -0.2) is 10.3 Å². The molecule has 0 aliphatic rings. The Bertz CT molecular complexity index is 748. The van der Waals surface area contributed by atoms with E-state index in [4.69, 9.17) is 0 Å². The Labute approximate surface area is 134 Å². The normalized spacial score (nSPS) is 13.5. The summed E-state index contributed by atoms with van der Waals surface area (Å²) in [6.07, 6.45) is 8.04. The number of hydrogen-bond acceptors (Lipinski definition) is 1. The number of aliphatic imine (C=N–C) groups is 1. The van der Waals surface area contributed by atoms with E-state index < -0.39 is 0 Å². The van der Waals surface area contributed by atoms with Gasteiger partial charge in [0, 0.05) is 17.7 Å². The van der Waals surface area contributed by atoms with Crippen LogP contribution >= 0.6 is 0 Å². The molecule has 1 aromatic heterocycles. The van der Waals surface area contributed by atoms with Crippen LogP contribution in [0.2, 0.25) is 0 Å². The number of aryl methyl sites for hydroxylation is 1. The van der Waals surface area contributed by atoms with Gasteiger partial charge in [0.05, 0.1) is 12.3 Å². The maximum Gasteiger partial charge on any atom is 0.0651 e. The molecule has 0 spiro atoms. The molecule has 1 aromatic rings. The monoisotopic (exact) mass is 296 g/mol. The highest BCUT2D eigenvalue weighted by Gasteiger charge is 2.07. The van der Waals surface area contributed by atoms with Gasteiger partial charge in [-0.3, -0.25) is 4.99 Å². The first-order chi connectivity index (χ1) is 10.3. The molecule has 22 heavy (non-hydrogen) atoms. The highest BCUT2D eigenvalue weighted by molar-refractivity contribution is 6.00. The van der Waals surface area contributed by atoms with Crippen molar-refractivity contribution in [2.45, 2.75) is 48.1 Å². The molecule has 0 atom stereocenters. The zero-order chi connectivity index (χ0) is 16.9. The van der Waals surface area contributed by atoms with Crippen LogP contribution in [0.25, 0.3) is 12.7 Å².